The number of halogens is 1. The van der Waals surface area contributed by atoms with E-state index in [1.165, 1.54) is 16.7 Å². The number of benzene rings is 2. The Bertz CT molecular complexity index is 911. The summed E-state index contributed by atoms with van der Waals surface area (Å²) in [6, 6.07) is 15.1. The molecule has 0 amide bonds. The lowest BCUT2D eigenvalue weighted by molar-refractivity contribution is -0.904. The van der Waals surface area contributed by atoms with Crippen LogP contribution < -0.4 is 9.47 Å². The van der Waals surface area contributed by atoms with Gasteiger partial charge in [0.05, 0.1) is 33.9 Å². The average Bonchev–Trinajstić information content (AvgIpc) is 2.78. The maximum Gasteiger partial charge on any atom is 0.123 e. The van der Waals surface area contributed by atoms with Gasteiger partial charge in [0, 0.05) is 10.9 Å². The Labute approximate surface area is 229 Å². The number of hydrogen-bond donors (Lipinski definition) is 0. The molecule has 2 aromatic carbocycles. The van der Waals surface area contributed by atoms with Crippen LogP contribution in [0.2, 0.25) is 0 Å². The molecule has 0 N–H and O–H groups in total. The van der Waals surface area contributed by atoms with Gasteiger partial charge in [-0.1, -0.05) is 69.6 Å². The van der Waals surface area contributed by atoms with E-state index in [1.54, 1.807) is 0 Å². The number of hydrogen-bond acceptors (Lipinski definition) is 3. The predicted octanol–water partition coefficient (Wildman–Crippen LogP) is 7.51. The van der Waals surface area contributed by atoms with E-state index in [-0.39, 0.29) is 10.8 Å². The van der Waals surface area contributed by atoms with Gasteiger partial charge in [-0.15, -0.1) is 0 Å². The number of quaternary nitrogens is 1. The largest absolute Gasteiger partial charge is 0.494 e. The van der Waals surface area contributed by atoms with Crippen LogP contribution in [0.3, 0.4) is 0 Å². The standard InChI is InChI=1S/C31H49BrNO3/c1-30(2,3)26-13-16-29(28(23-26)31(4,5)6)36-22-21-34-20-18-33(7,8)24-25-11-14-27(15-12-25)35-19-10-9-17-32/h11-16,23H,9-10,17-22,24H2,1-8H3/q+1. The monoisotopic (exact) mass is 562 g/mol. The number of nitrogens with zero attached hydrogens (tertiary/aromatic N) is 1. The third-order valence-electron chi connectivity index (χ3n) is 6.31. The topological polar surface area (TPSA) is 27.7 Å². The predicted molar refractivity (Wildman–Crippen MR) is 156 cm³/mol. The maximum absolute atomic E-state index is 6.17. The molecule has 2 aromatic rings. The molecule has 0 aliphatic rings. The molecule has 0 aliphatic heterocycles. The van der Waals surface area contributed by atoms with Crippen LogP contribution >= 0.6 is 15.9 Å². The van der Waals surface area contributed by atoms with Gasteiger partial charge >= 0.3 is 0 Å². The molecule has 0 saturated carbocycles. The first-order valence-electron chi connectivity index (χ1n) is 13.3. The zero-order chi connectivity index (χ0) is 26.8. The van der Waals surface area contributed by atoms with Crippen molar-refractivity contribution in [3.8, 4) is 11.5 Å². The molecule has 0 radical (unpaired) electrons. The van der Waals surface area contributed by atoms with Crippen molar-refractivity contribution in [1.29, 1.82) is 0 Å². The van der Waals surface area contributed by atoms with Crippen LogP contribution in [0, 0.1) is 0 Å². The zero-order valence-corrected chi connectivity index (χ0v) is 25.5. The van der Waals surface area contributed by atoms with E-state index in [2.05, 4.69) is 114 Å². The molecule has 5 heteroatoms. The maximum atomic E-state index is 6.17. The smallest absolute Gasteiger partial charge is 0.123 e. The van der Waals surface area contributed by atoms with Gasteiger partial charge in [-0.25, -0.2) is 0 Å². The van der Waals surface area contributed by atoms with Crippen LogP contribution in [-0.4, -0.2) is 56.9 Å². The van der Waals surface area contributed by atoms with Crippen LogP contribution in [0.25, 0.3) is 0 Å². The molecule has 0 aromatic heterocycles. The fraction of sp³-hybridized carbons (Fsp3) is 0.613. The molecule has 0 fully saturated rings. The highest BCUT2D eigenvalue weighted by atomic mass is 79.9. The van der Waals surface area contributed by atoms with E-state index in [1.807, 2.05) is 0 Å². The lowest BCUT2D eigenvalue weighted by Gasteiger charge is -2.30. The van der Waals surface area contributed by atoms with Gasteiger partial charge in [0.15, 0.2) is 0 Å². The third-order valence-corrected chi connectivity index (χ3v) is 6.87. The summed E-state index contributed by atoms with van der Waals surface area (Å²) >= 11 is 3.46. The van der Waals surface area contributed by atoms with Crippen molar-refractivity contribution in [2.24, 2.45) is 0 Å². The molecule has 36 heavy (non-hydrogen) atoms. The minimum absolute atomic E-state index is 0.0244. The van der Waals surface area contributed by atoms with Crippen LogP contribution in [-0.2, 0) is 22.1 Å². The number of unbranched alkanes of at least 4 members (excludes halogenated alkanes) is 1. The summed E-state index contributed by atoms with van der Waals surface area (Å²) in [7, 11) is 4.49. The highest BCUT2D eigenvalue weighted by Gasteiger charge is 2.23. The van der Waals surface area contributed by atoms with Crippen molar-refractivity contribution >= 4 is 15.9 Å². The van der Waals surface area contributed by atoms with Gasteiger partial charge < -0.3 is 18.7 Å². The summed E-state index contributed by atoms with van der Waals surface area (Å²) in [6.07, 6.45) is 2.21. The van der Waals surface area contributed by atoms with E-state index in [0.29, 0.717) is 19.8 Å². The Kier molecular flexibility index (Phi) is 11.8. The number of likely N-dealkylation sites (N-methyl/N-ethyl adjacent to an activating group) is 1. The van der Waals surface area contributed by atoms with Gasteiger partial charge in [0.25, 0.3) is 0 Å². The van der Waals surface area contributed by atoms with E-state index in [0.717, 1.165) is 53.9 Å². The van der Waals surface area contributed by atoms with Gasteiger partial charge in [0.2, 0.25) is 0 Å². The highest BCUT2D eigenvalue weighted by Crippen LogP contribution is 2.35. The third kappa shape index (κ3) is 10.8. The normalized spacial score (nSPS) is 12.6. The number of alkyl halides is 1. The quantitative estimate of drug-likeness (QED) is 0.135. The molecular formula is C31H49BrNO3+. The highest BCUT2D eigenvalue weighted by molar-refractivity contribution is 9.09. The second-order valence-corrected chi connectivity index (χ2v) is 13.2. The summed E-state index contributed by atoms with van der Waals surface area (Å²) in [4.78, 5) is 0. The number of rotatable bonds is 14. The SMILES string of the molecule is CC(C)(C)c1ccc(OCCOCC[N+](C)(C)Cc2ccc(OCCCCBr)cc2)c(C(C)(C)C)c1. The van der Waals surface area contributed by atoms with Crippen molar-refractivity contribution in [3.63, 3.8) is 0 Å². The van der Waals surface area contributed by atoms with Gasteiger partial charge in [0.1, 0.15) is 31.2 Å². The summed E-state index contributed by atoms with van der Waals surface area (Å²) in [6.45, 7) is 18.0. The molecule has 0 unspecified atom stereocenters. The van der Waals surface area contributed by atoms with Crippen molar-refractivity contribution < 1.29 is 18.7 Å². The van der Waals surface area contributed by atoms with Gasteiger partial charge in [-0.05, 0) is 65.1 Å². The summed E-state index contributed by atoms with van der Waals surface area (Å²) in [5.41, 5.74) is 4.04. The fourth-order valence-electron chi connectivity index (χ4n) is 3.98. The minimum atomic E-state index is 0.0244. The van der Waals surface area contributed by atoms with E-state index >= 15 is 0 Å². The lowest BCUT2D eigenvalue weighted by atomic mass is 9.80. The van der Waals surface area contributed by atoms with Crippen LogP contribution in [0.15, 0.2) is 42.5 Å². The fourth-order valence-corrected chi connectivity index (χ4v) is 4.38. The first kappa shape index (κ1) is 30.7. The van der Waals surface area contributed by atoms with Gasteiger partial charge in [-0.3, -0.25) is 0 Å². The molecule has 0 atom stereocenters. The molecule has 0 heterocycles. The second-order valence-electron chi connectivity index (χ2n) is 12.4. The molecule has 202 valence electrons. The van der Waals surface area contributed by atoms with Crippen LogP contribution in [0.4, 0.5) is 0 Å². The first-order valence-corrected chi connectivity index (χ1v) is 14.4. The second kappa shape index (κ2) is 13.8. The summed E-state index contributed by atoms with van der Waals surface area (Å²) < 4.78 is 18.8. The first-order chi connectivity index (χ1) is 16.8. The zero-order valence-electron chi connectivity index (χ0n) is 24.0. The van der Waals surface area contributed by atoms with E-state index in [4.69, 9.17) is 14.2 Å². The molecule has 0 spiro atoms. The average molecular weight is 564 g/mol. The molecule has 0 bridgehead atoms. The Morgan fingerprint density at radius 1 is 0.750 bits per heavy atom. The van der Waals surface area contributed by atoms with E-state index in [9.17, 15) is 0 Å². The summed E-state index contributed by atoms with van der Waals surface area (Å²) in [5.74, 6) is 1.91. The molecular weight excluding hydrogens is 514 g/mol. The Balaban J connectivity index is 1.76. The van der Waals surface area contributed by atoms with Crippen LogP contribution in [0.1, 0.15) is 71.1 Å². The van der Waals surface area contributed by atoms with Crippen molar-refractivity contribution in [1.82, 2.24) is 0 Å². The Morgan fingerprint density at radius 3 is 2.06 bits per heavy atom. The molecule has 0 aliphatic carbocycles. The minimum Gasteiger partial charge on any atom is -0.494 e. The Morgan fingerprint density at radius 2 is 1.44 bits per heavy atom. The van der Waals surface area contributed by atoms with Crippen molar-refractivity contribution in [2.45, 2.75) is 71.8 Å². The lowest BCUT2D eigenvalue weighted by Crippen LogP contribution is -2.41. The molecule has 0 saturated heterocycles. The van der Waals surface area contributed by atoms with E-state index < -0.39 is 0 Å². The van der Waals surface area contributed by atoms with Crippen molar-refractivity contribution in [2.75, 3.05) is 52.4 Å². The molecule has 2 rings (SSSR count). The molecule has 4 nitrogen and oxygen atoms in total. The summed E-state index contributed by atoms with van der Waals surface area (Å²) in [5, 5.41) is 1.03. The number of ether oxygens (including phenoxy) is 3. The van der Waals surface area contributed by atoms with Gasteiger partial charge in [-0.2, -0.15) is 0 Å². The van der Waals surface area contributed by atoms with Crippen molar-refractivity contribution in [3.05, 3.63) is 59.2 Å². The van der Waals surface area contributed by atoms with Crippen LogP contribution in [0.5, 0.6) is 11.5 Å². The Hall–Kier alpha value is -1.56.